The van der Waals surface area contributed by atoms with Crippen molar-refractivity contribution >= 4 is 18.6 Å². The molecular formula is C25H26BF10N3. The number of hydrogen-bond donors (Lipinski definition) is 0. The van der Waals surface area contributed by atoms with Gasteiger partial charge in [-0.2, -0.15) is 30.9 Å². The summed E-state index contributed by atoms with van der Waals surface area (Å²) in [6.45, 7) is -0.178. The Morgan fingerprint density at radius 3 is 1.36 bits per heavy atom. The molecule has 0 saturated heterocycles. The number of alkyl halides is 6. The van der Waals surface area contributed by atoms with Crippen molar-refractivity contribution in [3.05, 3.63) is 89.7 Å². The normalized spacial score (nSPS) is 12.2. The molecule has 214 valence electrons. The Morgan fingerprint density at radius 2 is 1.05 bits per heavy atom. The van der Waals surface area contributed by atoms with Gasteiger partial charge < -0.3 is 27.1 Å². The highest BCUT2D eigenvalue weighted by Crippen LogP contribution is 2.28. The maximum absolute atomic E-state index is 12.7. The van der Waals surface area contributed by atoms with E-state index in [1.54, 1.807) is 48.5 Å². The Hall–Kier alpha value is -3.45. The fourth-order valence-corrected chi connectivity index (χ4v) is 3.86. The Kier molecular flexibility index (Phi) is 10.3. The molecule has 0 atom stereocenters. The van der Waals surface area contributed by atoms with Crippen LogP contribution in [0.25, 0.3) is 0 Å². The predicted molar refractivity (Wildman–Crippen MR) is 130 cm³/mol. The third-order valence-electron chi connectivity index (χ3n) is 5.40. The molecule has 1 aromatic heterocycles. The van der Waals surface area contributed by atoms with Crippen LogP contribution in [0.15, 0.2) is 73.1 Å². The van der Waals surface area contributed by atoms with Crippen molar-refractivity contribution in [3.8, 4) is 0 Å². The third kappa shape index (κ3) is 11.4. The monoisotopic (exact) mass is 569 g/mol. The summed E-state index contributed by atoms with van der Waals surface area (Å²) < 4.78 is 117. The van der Waals surface area contributed by atoms with E-state index < -0.39 is 32.7 Å². The summed E-state index contributed by atoms with van der Waals surface area (Å²) in [6.07, 6.45) is -4.80. The third-order valence-corrected chi connectivity index (χ3v) is 5.40. The molecule has 39 heavy (non-hydrogen) atoms. The molecular weight excluding hydrogens is 543 g/mol. The summed E-state index contributed by atoms with van der Waals surface area (Å²) in [7, 11) is -3.24. The first-order chi connectivity index (χ1) is 17.8. The van der Waals surface area contributed by atoms with E-state index >= 15 is 0 Å². The van der Waals surface area contributed by atoms with Crippen molar-refractivity contribution in [2.75, 3.05) is 37.0 Å². The van der Waals surface area contributed by atoms with E-state index in [9.17, 15) is 43.6 Å². The molecule has 0 radical (unpaired) electrons. The van der Waals surface area contributed by atoms with Crippen molar-refractivity contribution in [2.45, 2.75) is 25.3 Å². The second-order valence-electron chi connectivity index (χ2n) is 8.85. The molecule has 0 N–H and O–H groups in total. The second kappa shape index (κ2) is 12.6. The summed E-state index contributed by atoms with van der Waals surface area (Å²) in [6, 6.07) is 17.1. The molecule has 14 heteroatoms. The lowest BCUT2D eigenvalue weighted by atomic mass is 9.97. The zero-order valence-electron chi connectivity index (χ0n) is 21.1. The summed E-state index contributed by atoms with van der Waals surface area (Å²) in [5.74, 6) is 0. The molecule has 0 amide bonds. The van der Waals surface area contributed by atoms with Crippen LogP contribution in [0.3, 0.4) is 0 Å². The molecule has 0 fully saturated rings. The molecule has 3 rings (SSSR count). The first-order valence-corrected chi connectivity index (χ1v) is 11.4. The Balaban J connectivity index is 0.000000976. The quantitative estimate of drug-likeness (QED) is 0.169. The molecule has 1 heterocycles. The number of rotatable bonds is 7. The smallest absolute Gasteiger partial charge is 0.418 e. The van der Waals surface area contributed by atoms with E-state index in [-0.39, 0.29) is 6.04 Å². The molecule has 0 aliphatic heterocycles. The van der Waals surface area contributed by atoms with Crippen molar-refractivity contribution in [2.24, 2.45) is 0 Å². The van der Waals surface area contributed by atoms with E-state index in [1.807, 2.05) is 36.0 Å². The minimum atomic E-state index is -6.00. The first kappa shape index (κ1) is 31.8. The number of anilines is 2. The number of hydrogen-bond acceptors (Lipinski definition) is 2. The highest BCUT2D eigenvalue weighted by molar-refractivity contribution is 6.50. The van der Waals surface area contributed by atoms with Crippen molar-refractivity contribution in [1.82, 2.24) is 0 Å². The van der Waals surface area contributed by atoms with Crippen LogP contribution < -0.4 is 14.4 Å². The SMILES string of the molecule is Cc1ccc[n+](C(c2ccc(N(C)CC(F)(F)F)cc2)c2ccc(N(C)CC(F)(F)F)cc2)c1.F[B-](F)(F)F. The van der Waals surface area contributed by atoms with Gasteiger partial charge in [0.1, 0.15) is 13.1 Å². The van der Waals surface area contributed by atoms with Gasteiger partial charge in [0.05, 0.1) is 0 Å². The van der Waals surface area contributed by atoms with Crippen LogP contribution in [0.5, 0.6) is 0 Å². The lowest BCUT2D eigenvalue weighted by Crippen LogP contribution is -2.40. The zero-order valence-corrected chi connectivity index (χ0v) is 21.1. The minimum Gasteiger partial charge on any atom is -0.418 e. The molecule has 0 bridgehead atoms. The van der Waals surface area contributed by atoms with Gasteiger partial charge in [0, 0.05) is 48.2 Å². The second-order valence-corrected chi connectivity index (χ2v) is 8.85. The zero-order chi connectivity index (χ0) is 29.6. The molecule has 0 aliphatic carbocycles. The van der Waals surface area contributed by atoms with Crippen LogP contribution >= 0.6 is 0 Å². The summed E-state index contributed by atoms with van der Waals surface area (Å²) in [4.78, 5) is 2.26. The molecule has 0 unspecified atom stereocenters. The molecule has 0 spiro atoms. The number of benzene rings is 2. The highest BCUT2D eigenvalue weighted by atomic mass is 19.5. The van der Waals surface area contributed by atoms with Crippen LogP contribution in [-0.2, 0) is 0 Å². The Bertz CT molecular complexity index is 1110. The number of halogens is 10. The van der Waals surface area contributed by atoms with Gasteiger partial charge in [-0.3, -0.25) is 0 Å². The fraction of sp³-hybridized carbons (Fsp3) is 0.320. The van der Waals surface area contributed by atoms with Crippen LogP contribution in [-0.4, -0.2) is 46.8 Å². The predicted octanol–water partition coefficient (Wildman–Crippen LogP) is 7.22. The van der Waals surface area contributed by atoms with Gasteiger partial charge in [-0.05, 0) is 61.5 Å². The summed E-state index contributed by atoms with van der Waals surface area (Å²) in [5.41, 5.74) is 3.53. The molecule has 3 aromatic rings. The van der Waals surface area contributed by atoms with E-state index in [4.69, 9.17) is 0 Å². The maximum atomic E-state index is 12.7. The van der Waals surface area contributed by atoms with E-state index in [1.165, 1.54) is 14.1 Å². The molecule has 0 saturated carbocycles. The standard InChI is InChI=1S/C25H26F6N3.BF4/c1-18-5-4-14-34(15-18)23(19-6-10-21(11-7-19)32(2)16-24(26,27)28)20-8-12-22(13-9-20)33(3)17-25(29,30)31;2-1(3,4)5/h4-15,23H,16-17H2,1-3H3;/q+1;-1. The topological polar surface area (TPSA) is 10.4 Å². The minimum absolute atomic E-state index is 0.316. The first-order valence-electron chi connectivity index (χ1n) is 11.4. The van der Waals surface area contributed by atoms with Gasteiger partial charge in [0.2, 0.25) is 6.04 Å². The Morgan fingerprint density at radius 1 is 0.692 bits per heavy atom. The number of nitrogens with zero attached hydrogens (tertiary/aromatic N) is 3. The fourth-order valence-electron chi connectivity index (χ4n) is 3.86. The largest absolute Gasteiger partial charge is 0.673 e. The van der Waals surface area contributed by atoms with Gasteiger partial charge in [-0.1, -0.05) is 0 Å². The molecule has 0 aliphatic rings. The average Bonchev–Trinajstić information content (AvgIpc) is 2.77. The van der Waals surface area contributed by atoms with Crippen molar-refractivity contribution in [1.29, 1.82) is 0 Å². The van der Waals surface area contributed by atoms with E-state index in [2.05, 4.69) is 0 Å². The summed E-state index contributed by atoms with van der Waals surface area (Å²) >= 11 is 0. The van der Waals surface area contributed by atoms with Gasteiger partial charge in [-0.15, -0.1) is 0 Å². The van der Waals surface area contributed by atoms with Crippen LogP contribution in [0.1, 0.15) is 22.7 Å². The lowest BCUT2D eigenvalue weighted by Gasteiger charge is -2.22. The van der Waals surface area contributed by atoms with Gasteiger partial charge in [0.25, 0.3) is 0 Å². The van der Waals surface area contributed by atoms with Crippen molar-refractivity contribution < 1.29 is 48.2 Å². The van der Waals surface area contributed by atoms with Crippen LogP contribution in [0.4, 0.5) is 55.0 Å². The number of pyridine rings is 1. The number of aromatic nitrogens is 1. The maximum Gasteiger partial charge on any atom is 0.673 e. The lowest BCUT2D eigenvalue weighted by molar-refractivity contribution is -0.705. The highest BCUT2D eigenvalue weighted by Gasteiger charge is 2.31. The number of aryl methyl sites for hydroxylation is 1. The van der Waals surface area contributed by atoms with Gasteiger partial charge in [-0.25, -0.2) is 0 Å². The summed E-state index contributed by atoms with van der Waals surface area (Å²) in [5, 5.41) is 0. The van der Waals surface area contributed by atoms with Crippen LogP contribution in [0, 0.1) is 6.92 Å². The van der Waals surface area contributed by atoms with E-state index in [0.717, 1.165) is 26.5 Å². The van der Waals surface area contributed by atoms with Crippen molar-refractivity contribution in [3.63, 3.8) is 0 Å². The van der Waals surface area contributed by atoms with Crippen LogP contribution in [0.2, 0.25) is 0 Å². The van der Waals surface area contributed by atoms with Gasteiger partial charge in [0.15, 0.2) is 12.4 Å². The Labute approximate surface area is 219 Å². The average molecular weight is 569 g/mol. The molecule has 2 aromatic carbocycles. The molecule has 3 nitrogen and oxygen atoms in total. The van der Waals surface area contributed by atoms with E-state index in [0.29, 0.717) is 11.4 Å². The van der Waals surface area contributed by atoms with Gasteiger partial charge >= 0.3 is 19.6 Å².